The number of amides is 3. The molecular formula is C19H19N3O4. The van der Waals surface area contributed by atoms with E-state index in [0.717, 1.165) is 0 Å². The summed E-state index contributed by atoms with van der Waals surface area (Å²) in [6.07, 6.45) is 0. The monoisotopic (exact) mass is 353 g/mol. The molecule has 2 aromatic rings. The fraction of sp³-hybridized carbons (Fsp3) is 0.158. The van der Waals surface area contributed by atoms with Gasteiger partial charge in [-0.2, -0.15) is 0 Å². The Morgan fingerprint density at radius 3 is 2.62 bits per heavy atom. The van der Waals surface area contributed by atoms with Crippen molar-refractivity contribution in [1.82, 2.24) is 10.6 Å². The number of anilines is 1. The van der Waals surface area contributed by atoms with Crippen molar-refractivity contribution in [2.75, 3.05) is 12.4 Å². The van der Waals surface area contributed by atoms with E-state index in [1.165, 1.54) is 12.1 Å². The second-order valence-corrected chi connectivity index (χ2v) is 5.85. The Kier molecular flexibility index (Phi) is 4.79. The first-order valence-corrected chi connectivity index (χ1v) is 8.00. The minimum absolute atomic E-state index is 0.108. The molecule has 4 N–H and O–H groups in total. The molecule has 1 aliphatic rings. The number of rotatable bonds is 4. The topological polar surface area (TPSA) is 99.7 Å². The van der Waals surface area contributed by atoms with Crippen LogP contribution in [0.3, 0.4) is 0 Å². The summed E-state index contributed by atoms with van der Waals surface area (Å²) in [6.45, 7) is 1.67. The maximum absolute atomic E-state index is 12.9. The number of hydrogen-bond donors (Lipinski definition) is 4. The third kappa shape index (κ3) is 3.61. The molecule has 0 bridgehead atoms. The van der Waals surface area contributed by atoms with Crippen molar-refractivity contribution in [3.63, 3.8) is 0 Å². The molecule has 0 saturated heterocycles. The van der Waals surface area contributed by atoms with Gasteiger partial charge in [0.05, 0.1) is 18.7 Å². The number of allylic oxidation sites excluding steroid dienone is 1. The second-order valence-electron chi connectivity index (χ2n) is 5.85. The summed E-state index contributed by atoms with van der Waals surface area (Å²) in [6, 6.07) is 12.3. The van der Waals surface area contributed by atoms with Gasteiger partial charge in [0.15, 0.2) is 0 Å². The number of hydrogen-bond acceptors (Lipinski definition) is 4. The molecule has 26 heavy (non-hydrogen) atoms. The van der Waals surface area contributed by atoms with Crippen LogP contribution in [0, 0.1) is 0 Å². The van der Waals surface area contributed by atoms with E-state index in [1.54, 1.807) is 50.4 Å². The molecule has 0 spiro atoms. The van der Waals surface area contributed by atoms with E-state index in [-0.39, 0.29) is 11.7 Å². The first-order chi connectivity index (χ1) is 12.5. The zero-order valence-corrected chi connectivity index (χ0v) is 14.4. The molecule has 1 atom stereocenters. The Bertz CT molecular complexity index is 875. The quantitative estimate of drug-likeness (QED) is 0.679. The van der Waals surface area contributed by atoms with Crippen LogP contribution in [0.15, 0.2) is 59.8 Å². The molecule has 7 nitrogen and oxygen atoms in total. The molecule has 3 amide bonds. The van der Waals surface area contributed by atoms with Gasteiger partial charge in [-0.3, -0.25) is 4.79 Å². The Morgan fingerprint density at radius 1 is 1.19 bits per heavy atom. The first kappa shape index (κ1) is 17.3. The summed E-state index contributed by atoms with van der Waals surface area (Å²) in [5, 5.41) is 17.7. The van der Waals surface area contributed by atoms with E-state index in [4.69, 9.17) is 4.74 Å². The SMILES string of the molecule is COc1cccc(NC(=O)C2=C(C)NC(=O)N[C@H]2c2ccc(O)cc2)c1. The van der Waals surface area contributed by atoms with E-state index >= 15 is 0 Å². The van der Waals surface area contributed by atoms with Gasteiger partial charge >= 0.3 is 6.03 Å². The van der Waals surface area contributed by atoms with Gasteiger partial charge in [-0.15, -0.1) is 0 Å². The fourth-order valence-corrected chi connectivity index (χ4v) is 2.81. The minimum Gasteiger partial charge on any atom is -0.508 e. The molecule has 1 aliphatic heterocycles. The Labute approximate surface area is 150 Å². The van der Waals surface area contributed by atoms with Gasteiger partial charge in [0.25, 0.3) is 5.91 Å². The highest BCUT2D eigenvalue weighted by Crippen LogP contribution is 2.29. The molecule has 0 fully saturated rings. The molecule has 0 aliphatic carbocycles. The van der Waals surface area contributed by atoms with Crippen LogP contribution in [0.25, 0.3) is 0 Å². The van der Waals surface area contributed by atoms with Crippen molar-refractivity contribution < 1.29 is 19.4 Å². The van der Waals surface area contributed by atoms with Crippen LogP contribution in [0.2, 0.25) is 0 Å². The molecule has 1 heterocycles. The van der Waals surface area contributed by atoms with Crippen LogP contribution in [-0.2, 0) is 4.79 Å². The van der Waals surface area contributed by atoms with Gasteiger partial charge in [0, 0.05) is 17.5 Å². The van der Waals surface area contributed by atoms with E-state index in [1.807, 2.05) is 0 Å². The normalized spacial score (nSPS) is 16.5. The summed E-state index contributed by atoms with van der Waals surface area (Å²) in [7, 11) is 1.55. The third-order valence-electron chi connectivity index (χ3n) is 4.07. The van der Waals surface area contributed by atoms with Gasteiger partial charge in [-0.1, -0.05) is 18.2 Å². The lowest BCUT2D eigenvalue weighted by atomic mass is 9.94. The minimum atomic E-state index is -0.630. The lowest BCUT2D eigenvalue weighted by molar-refractivity contribution is -0.113. The van der Waals surface area contributed by atoms with Crippen molar-refractivity contribution in [2.45, 2.75) is 13.0 Å². The lowest BCUT2D eigenvalue weighted by Gasteiger charge is -2.28. The van der Waals surface area contributed by atoms with Crippen LogP contribution in [-0.4, -0.2) is 24.2 Å². The Morgan fingerprint density at radius 2 is 1.92 bits per heavy atom. The van der Waals surface area contributed by atoms with E-state index in [9.17, 15) is 14.7 Å². The summed E-state index contributed by atoms with van der Waals surface area (Å²) in [5.41, 5.74) is 2.12. The van der Waals surface area contributed by atoms with Crippen molar-refractivity contribution in [3.8, 4) is 11.5 Å². The highest BCUT2D eigenvalue weighted by molar-refractivity contribution is 6.06. The average Bonchev–Trinajstić information content (AvgIpc) is 2.61. The number of phenols is 1. The summed E-state index contributed by atoms with van der Waals surface area (Å²) in [4.78, 5) is 24.8. The molecule has 0 unspecified atom stereocenters. The highest BCUT2D eigenvalue weighted by Gasteiger charge is 2.31. The molecule has 0 radical (unpaired) electrons. The zero-order valence-electron chi connectivity index (χ0n) is 14.4. The van der Waals surface area contributed by atoms with Crippen LogP contribution < -0.4 is 20.7 Å². The number of ether oxygens (including phenoxy) is 1. The van der Waals surface area contributed by atoms with Crippen molar-refractivity contribution in [1.29, 1.82) is 0 Å². The molecule has 3 rings (SSSR count). The Hall–Kier alpha value is -3.48. The molecule has 7 heteroatoms. The van der Waals surface area contributed by atoms with Gasteiger partial charge in [0.2, 0.25) is 0 Å². The van der Waals surface area contributed by atoms with Crippen LogP contribution in [0.4, 0.5) is 10.5 Å². The number of aromatic hydroxyl groups is 1. The third-order valence-corrected chi connectivity index (χ3v) is 4.07. The number of benzene rings is 2. The van der Waals surface area contributed by atoms with Crippen molar-refractivity contribution >= 4 is 17.6 Å². The smallest absolute Gasteiger partial charge is 0.319 e. The van der Waals surface area contributed by atoms with Crippen molar-refractivity contribution in [2.24, 2.45) is 0 Å². The zero-order chi connectivity index (χ0) is 18.7. The van der Waals surface area contributed by atoms with E-state index in [0.29, 0.717) is 28.3 Å². The lowest BCUT2D eigenvalue weighted by Crippen LogP contribution is -2.45. The average molecular weight is 353 g/mol. The maximum Gasteiger partial charge on any atom is 0.319 e. The van der Waals surface area contributed by atoms with Crippen LogP contribution in [0.5, 0.6) is 11.5 Å². The number of urea groups is 1. The van der Waals surface area contributed by atoms with Crippen LogP contribution in [0.1, 0.15) is 18.5 Å². The maximum atomic E-state index is 12.9. The predicted octanol–water partition coefficient (Wildman–Crippen LogP) is 2.67. The summed E-state index contributed by atoms with van der Waals surface area (Å²) in [5.74, 6) is 0.386. The van der Waals surface area contributed by atoms with Gasteiger partial charge in [0.1, 0.15) is 11.5 Å². The first-order valence-electron chi connectivity index (χ1n) is 8.00. The number of nitrogens with one attached hydrogen (secondary N) is 3. The highest BCUT2D eigenvalue weighted by atomic mass is 16.5. The molecular weight excluding hydrogens is 334 g/mol. The van der Waals surface area contributed by atoms with Gasteiger partial charge in [-0.05, 0) is 36.8 Å². The number of carbonyl (C=O) groups excluding carboxylic acids is 2. The van der Waals surface area contributed by atoms with E-state index in [2.05, 4.69) is 16.0 Å². The second kappa shape index (κ2) is 7.18. The van der Waals surface area contributed by atoms with Crippen molar-refractivity contribution in [3.05, 3.63) is 65.4 Å². The molecule has 0 aromatic heterocycles. The number of methoxy groups -OCH3 is 1. The summed E-state index contributed by atoms with van der Waals surface area (Å²) >= 11 is 0. The largest absolute Gasteiger partial charge is 0.508 e. The van der Waals surface area contributed by atoms with E-state index < -0.39 is 12.1 Å². The predicted molar refractivity (Wildman–Crippen MR) is 96.8 cm³/mol. The fourth-order valence-electron chi connectivity index (χ4n) is 2.81. The molecule has 2 aromatic carbocycles. The van der Waals surface area contributed by atoms with Gasteiger partial charge in [-0.25, -0.2) is 4.79 Å². The number of carbonyl (C=O) groups is 2. The van der Waals surface area contributed by atoms with Gasteiger partial charge < -0.3 is 25.8 Å². The number of phenolic OH excluding ortho intramolecular Hbond substituents is 1. The summed E-state index contributed by atoms with van der Waals surface area (Å²) < 4.78 is 5.16. The van der Waals surface area contributed by atoms with Crippen LogP contribution >= 0.6 is 0 Å². The standard InChI is InChI=1S/C19H19N3O4/c1-11-16(18(24)21-13-4-3-5-15(10-13)26-2)17(22-19(25)20-11)12-6-8-14(23)9-7-12/h3-10,17,23H,1-2H3,(H,21,24)(H2,20,22,25)/t17-/m0/s1. The molecule has 0 saturated carbocycles. The Balaban J connectivity index is 1.92. The molecule has 134 valence electrons.